The standard InChI is InChI=1S/C22H18F3N3O4/c23-13-6-3-7-14(24)17(13)20-19(25)18(15-8-1-2-10-32-15)16(12-5-4-9-26-11-12)21(27-20)22(29)28(30)31/h3-7,9,11,15,27,29H,1-2,8,10H2. The average Bonchev–Trinajstić information content (AvgIpc) is 2.80. The lowest BCUT2D eigenvalue weighted by molar-refractivity contribution is -0.459. The number of aliphatic hydroxyl groups excluding tert-OH is 1. The molecule has 1 atom stereocenters. The van der Waals surface area contributed by atoms with Crippen LogP contribution in [0.15, 0.2) is 65.7 Å². The fraction of sp³-hybridized carbons (Fsp3) is 0.227. The van der Waals surface area contributed by atoms with Gasteiger partial charge in [0.2, 0.25) is 0 Å². The van der Waals surface area contributed by atoms with Gasteiger partial charge in [-0.1, -0.05) is 12.1 Å². The van der Waals surface area contributed by atoms with Crippen LogP contribution in [0, 0.1) is 21.7 Å². The first-order valence-corrected chi connectivity index (χ1v) is 9.86. The van der Waals surface area contributed by atoms with Crippen molar-refractivity contribution in [2.24, 2.45) is 0 Å². The number of nitrogens with one attached hydrogen (secondary N) is 1. The molecule has 0 amide bonds. The van der Waals surface area contributed by atoms with Gasteiger partial charge >= 0.3 is 5.88 Å². The first-order valence-electron chi connectivity index (χ1n) is 9.86. The highest BCUT2D eigenvalue weighted by Crippen LogP contribution is 2.43. The third-order valence-corrected chi connectivity index (χ3v) is 5.29. The smallest absolute Gasteiger partial charge is 0.450 e. The number of halogens is 3. The van der Waals surface area contributed by atoms with E-state index < -0.39 is 51.3 Å². The molecule has 166 valence electrons. The Morgan fingerprint density at radius 3 is 2.53 bits per heavy atom. The molecule has 3 heterocycles. The minimum absolute atomic E-state index is 0.0582. The molecule has 2 aliphatic heterocycles. The largest absolute Gasteiger partial charge is 0.454 e. The lowest BCUT2D eigenvalue weighted by Crippen LogP contribution is -2.31. The molecule has 4 rings (SSSR count). The van der Waals surface area contributed by atoms with Gasteiger partial charge in [-0.3, -0.25) is 15.1 Å². The Kier molecular flexibility index (Phi) is 5.95. The molecule has 1 aromatic heterocycles. The van der Waals surface area contributed by atoms with E-state index in [1.165, 1.54) is 24.5 Å². The van der Waals surface area contributed by atoms with Crippen molar-refractivity contribution in [2.45, 2.75) is 25.4 Å². The van der Waals surface area contributed by atoms with Crippen LogP contribution in [0.2, 0.25) is 0 Å². The van der Waals surface area contributed by atoms with Gasteiger partial charge in [0, 0.05) is 35.7 Å². The maximum Gasteiger partial charge on any atom is 0.450 e. The number of hydrogen-bond acceptors (Lipinski definition) is 6. The van der Waals surface area contributed by atoms with E-state index in [1.807, 2.05) is 0 Å². The molecular weight excluding hydrogens is 427 g/mol. The minimum Gasteiger partial charge on any atom is -0.454 e. The zero-order valence-electron chi connectivity index (χ0n) is 16.6. The van der Waals surface area contributed by atoms with Crippen molar-refractivity contribution in [3.05, 3.63) is 98.6 Å². The Bertz CT molecular complexity index is 1140. The lowest BCUT2D eigenvalue weighted by atomic mass is 9.86. The maximum atomic E-state index is 16.0. The summed E-state index contributed by atoms with van der Waals surface area (Å²) in [4.78, 5) is 14.3. The summed E-state index contributed by atoms with van der Waals surface area (Å²) in [5.74, 6) is -4.51. The van der Waals surface area contributed by atoms with Crippen molar-refractivity contribution in [3.63, 3.8) is 0 Å². The van der Waals surface area contributed by atoms with Gasteiger partial charge in [0.15, 0.2) is 11.5 Å². The molecule has 2 aliphatic rings. The van der Waals surface area contributed by atoms with Crippen molar-refractivity contribution in [2.75, 3.05) is 6.61 Å². The van der Waals surface area contributed by atoms with Gasteiger partial charge in [0.25, 0.3) is 0 Å². The van der Waals surface area contributed by atoms with Crippen molar-refractivity contribution in [3.8, 4) is 0 Å². The topological polar surface area (TPSA) is 97.5 Å². The van der Waals surface area contributed by atoms with E-state index in [2.05, 4.69) is 10.3 Å². The summed E-state index contributed by atoms with van der Waals surface area (Å²) in [5, 5.41) is 24.1. The molecule has 0 saturated carbocycles. The SMILES string of the molecule is O=[N+]([O-])C(O)=C1NC(c2c(F)cccc2F)=C(F)C(C2CCCCO2)=C1c1cccnc1. The van der Waals surface area contributed by atoms with Crippen LogP contribution in [-0.4, -0.2) is 27.7 Å². The van der Waals surface area contributed by atoms with Crippen molar-refractivity contribution in [1.29, 1.82) is 0 Å². The van der Waals surface area contributed by atoms with E-state index >= 15 is 4.39 Å². The second-order valence-electron chi connectivity index (χ2n) is 7.25. The van der Waals surface area contributed by atoms with Crippen molar-refractivity contribution >= 4 is 11.3 Å². The van der Waals surface area contributed by atoms with Crippen molar-refractivity contribution in [1.82, 2.24) is 10.3 Å². The molecule has 1 saturated heterocycles. The van der Waals surface area contributed by atoms with Gasteiger partial charge in [-0.15, -0.1) is 0 Å². The van der Waals surface area contributed by atoms with Crippen LogP contribution >= 0.6 is 0 Å². The Balaban J connectivity index is 2.08. The normalized spacial score (nSPS) is 20.8. The first-order chi connectivity index (χ1) is 15.4. The minimum atomic E-state index is -1.33. The van der Waals surface area contributed by atoms with Gasteiger partial charge in [-0.05, 0) is 37.5 Å². The molecular formula is C22H18F3N3O4. The summed E-state index contributed by atoms with van der Waals surface area (Å²) in [6, 6.07) is 6.06. The predicted octanol–water partition coefficient (Wildman–Crippen LogP) is 4.63. The van der Waals surface area contributed by atoms with Crippen LogP contribution in [0.4, 0.5) is 13.2 Å². The van der Waals surface area contributed by atoms with Crippen LogP contribution in [0.5, 0.6) is 0 Å². The van der Waals surface area contributed by atoms with Gasteiger partial charge in [-0.2, -0.15) is 0 Å². The lowest BCUT2D eigenvalue weighted by Gasteiger charge is -2.32. The van der Waals surface area contributed by atoms with E-state index in [-0.39, 0.29) is 16.7 Å². The van der Waals surface area contributed by atoms with E-state index in [4.69, 9.17) is 4.74 Å². The zero-order chi connectivity index (χ0) is 22.8. The summed E-state index contributed by atoms with van der Waals surface area (Å²) in [6.45, 7) is 0.318. The molecule has 0 spiro atoms. The van der Waals surface area contributed by atoms with Crippen LogP contribution in [0.1, 0.15) is 30.4 Å². The number of benzene rings is 1. The maximum absolute atomic E-state index is 16.0. The highest BCUT2D eigenvalue weighted by molar-refractivity contribution is 5.92. The number of aliphatic hydroxyl groups is 1. The Morgan fingerprint density at radius 1 is 1.19 bits per heavy atom. The Hall–Kier alpha value is -3.66. The highest BCUT2D eigenvalue weighted by atomic mass is 19.1. The summed E-state index contributed by atoms with van der Waals surface area (Å²) in [6.07, 6.45) is 3.77. The van der Waals surface area contributed by atoms with Gasteiger partial charge in [0.05, 0.1) is 17.4 Å². The van der Waals surface area contributed by atoms with E-state index in [0.717, 1.165) is 24.6 Å². The molecule has 1 unspecified atom stereocenters. The van der Waals surface area contributed by atoms with E-state index in [0.29, 0.717) is 19.4 Å². The second kappa shape index (κ2) is 8.83. The Morgan fingerprint density at radius 2 is 1.94 bits per heavy atom. The first kappa shape index (κ1) is 21.6. The number of dihydropyridines is 1. The predicted molar refractivity (Wildman–Crippen MR) is 109 cm³/mol. The fourth-order valence-electron chi connectivity index (χ4n) is 3.87. The molecule has 0 bridgehead atoms. The molecule has 32 heavy (non-hydrogen) atoms. The van der Waals surface area contributed by atoms with Gasteiger partial charge in [-0.25, -0.2) is 13.2 Å². The number of aromatic nitrogens is 1. The summed E-state index contributed by atoms with van der Waals surface area (Å²) >= 11 is 0. The number of allylic oxidation sites excluding steroid dienone is 1. The van der Waals surface area contributed by atoms with E-state index in [9.17, 15) is 24.0 Å². The molecule has 1 fully saturated rings. The van der Waals surface area contributed by atoms with Gasteiger partial charge in [0.1, 0.15) is 16.6 Å². The van der Waals surface area contributed by atoms with Crippen LogP contribution in [0.25, 0.3) is 11.3 Å². The second-order valence-corrected chi connectivity index (χ2v) is 7.25. The molecule has 7 nitrogen and oxygen atoms in total. The molecule has 1 aromatic carbocycles. The number of pyridine rings is 1. The van der Waals surface area contributed by atoms with Crippen LogP contribution in [0.3, 0.4) is 0 Å². The summed E-state index contributed by atoms with van der Waals surface area (Å²) < 4.78 is 50.8. The van der Waals surface area contributed by atoms with Crippen molar-refractivity contribution < 1.29 is 27.9 Å². The van der Waals surface area contributed by atoms with E-state index in [1.54, 1.807) is 0 Å². The highest BCUT2D eigenvalue weighted by Gasteiger charge is 2.38. The summed E-state index contributed by atoms with van der Waals surface area (Å²) in [5.41, 5.74) is -1.85. The van der Waals surface area contributed by atoms with Crippen LogP contribution < -0.4 is 5.32 Å². The quantitative estimate of drug-likeness (QED) is 0.405. The van der Waals surface area contributed by atoms with Gasteiger partial charge < -0.3 is 15.2 Å². The third kappa shape index (κ3) is 3.84. The molecule has 0 radical (unpaired) electrons. The zero-order valence-corrected chi connectivity index (χ0v) is 16.6. The fourth-order valence-corrected chi connectivity index (χ4v) is 3.87. The molecule has 2 N–H and O–H groups in total. The third-order valence-electron chi connectivity index (χ3n) is 5.29. The number of ether oxygens (including phenoxy) is 1. The average molecular weight is 445 g/mol. The summed E-state index contributed by atoms with van der Waals surface area (Å²) in [7, 11) is 0. The molecule has 0 aliphatic carbocycles. The Labute approximate surface area is 180 Å². The van der Waals surface area contributed by atoms with Crippen LogP contribution in [-0.2, 0) is 4.74 Å². The molecule has 10 heteroatoms. The number of nitro groups is 1. The molecule has 2 aromatic rings. The number of hydrogen-bond donors (Lipinski definition) is 2. The number of rotatable bonds is 4. The monoisotopic (exact) mass is 445 g/mol. The number of nitrogens with zero attached hydrogens (tertiary/aromatic N) is 2.